The molecule has 0 fully saturated rings. The second-order valence-corrected chi connectivity index (χ2v) is 14.2. The first-order chi connectivity index (χ1) is 26.1. The highest BCUT2D eigenvalue weighted by molar-refractivity contribution is 6.08. The van der Waals surface area contributed by atoms with Crippen LogP contribution in [0.2, 0.25) is 0 Å². The lowest BCUT2D eigenvalue weighted by Crippen LogP contribution is -2.44. The van der Waals surface area contributed by atoms with Crippen LogP contribution < -0.4 is 11.2 Å². The molecule has 9 nitrogen and oxygen atoms in total. The van der Waals surface area contributed by atoms with Crippen molar-refractivity contribution < 1.29 is 9.90 Å². The fourth-order valence-corrected chi connectivity index (χ4v) is 8.05. The van der Waals surface area contributed by atoms with Crippen molar-refractivity contribution in [3.8, 4) is 11.6 Å². The molecule has 1 aliphatic heterocycles. The average molecular weight is 716 g/mol. The summed E-state index contributed by atoms with van der Waals surface area (Å²) in [4.78, 5) is 48.9. The summed E-state index contributed by atoms with van der Waals surface area (Å²) in [6.07, 6.45) is 0.668. The predicted octanol–water partition coefficient (Wildman–Crippen LogP) is 7.23. The Kier molecular flexibility index (Phi) is 8.85. The number of hydrogen-bond donors (Lipinski definition) is 1. The molecular weight excluding hydrogens is 675 g/mol. The number of rotatable bonds is 8. The molecular formula is C45H41N5O4. The van der Waals surface area contributed by atoms with Gasteiger partial charge in [-0.25, -0.2) is 9.36 Å². The molecule has 0 spiro atoms. The quantitative estimate of drug-likeness (QED) is 0.168. The van der Waals surface area contributed by atoms with Crippen LogP contribution >= 0.6 is 0 Å². The number of para-hydroxylation sites is 1. The second kappa shape index (κ2) is 13.8. The second-order valence-electron chi connectivity index (χ2n) is 14.2. The van der Waals surface area contributed by atoms with Crippen LogP contribution in [0.3, 0.4) is 0 Å². The molecule has 0 radical (unpaired) electrons. The Morgan fingerprint density at radius 1 is 0.759 bits per heavy atom. The lowest BCUT2D eigenvalue weighted by molar-refractivity contribution is 0.0614. The highest BCUT2D eigenvalue weighted by Crippen LogP contribution is 2.44. The Morgan fingerprint density at radius 2 is 1.44 bits per heavy atom. The van der Waals surface area contributed by atoms with Crippen LogP contribution in [0, 0.1) is 6.92 Å². The first kappa shape index (κ1) is 34.6. The highest BCUT2D eigenvalue weighted by atomic mass is 16.3. The first-order valence-corrected chi connectivity index (χ1v) is 18.2. The Bertz CT molecular complexity index is 2720. The number of carbonyl (C=O) groups is 1. The number of amides is 1. The summed E-state index contributed by atoms with van der Waals surface area (Å²) in [5.41, 5.74) is 6.16. The summed E-state index contributed by atoms with van der Waals surface area (Å²) in [6, 6.07) is 39.3. The number of aromatic hydroxyl groups is 1. The van der Waals surface area contributed by atoms with Gasteiger partial charge in [-0.1, -0.05) is 90.5 Å². The molecule has 2 aromatic heterocycles. The van der Waals surface area contributed by atoms with Crippen LogP contribution in [0.25, 0.3) is 27.5 Å². The third-order valence-electron chi connectivity index (χ3n) is 10.9. The predicted molar refractivity (Wildman–Crippen MR) is 214 cm³/mol. The van der Waals surface area contributed by atoms with E-state index in [2.05, 4.69) is 54.1 Å². The normalized spacial score (nSPS) is 16.0. The minimum absolute atomic E-state index is 0.0433. The molecule has 5 aromatic carbocycles. The number of aromatic nitrogens is 3. The Morgan fingerprint density at radius 3 is 2.22 bits per heavy atom. The molecule has 8 rings (SSSR count). The van der Waals surface area contributed by atoms with Crippen molar-refractivity contribution in [1.29, 1.82) is 0 Å². The molecule has 3 heterocycles. The zero-order valence-corrected chi connectivity index (χ0v) is 30.7. The molecule has 0 unspecified atom stereocenters. The molecule has 9 heteroatoms. The van der Waals surface area contributed by atoms with Gasteiger partial charge < -0.3 is 14.6 Å². The molecule has 1 amide bonds. The van der Waals surface area contributed by atoms with Crippen LogP contribution in [-0.4, -0.2) is 48.4 Å². The number of aliphatic imine (C=N–C) groups is 1. The molecule has 54 heavy (non-hydrogen) atoms. The molecule has 270 valence electrons. The van der Waals surface area contributed by atoms with Crippen molar-refractivity contribution in [2.24, 2.45) is 19.1 Å². The lowest BCUT2D eigenvalue weighted by atomic mass is 9.79. The lowest BCUT2D eigenvalue weighted by Gasteiger charge is -2.42. The van der Waals surface area contributed by atoms with E-state index in [1.165, 1.54) is 7.05 Å². The topological polar surface area (TPSA) is 102 Å². The zero-order valence-electron chi connectivity index (χ0n) is 30.7. The average Bonchev–Trinajstić information content (AvgIpc) is 3.48. The van der Waals surface area contributed by atoms with Gasteiger partial charge in [0.25, 0.3) is 11.5 Å². The molecule has 0 bridgehead atoms. The molecule has 7 aromatic rings. The first-order valence-electron chi connectivity index (χ1n) is 18.2. The Labute approximate surface area is 312 Å². The molecule has 1 N–H and O–H groups in total. The van der Waals surface area contributed by atoms with Gasteiger partial charge in [0.15, 0.2) is 0 Å². The highest BCUT2D eigenvalue weighted by Gasteiger charge is 2.40. The van der Waals surface area contributed by atoms with Gasteiger partial charge in [0, 0.05) is 66.2 Å². The molecule has 0 saturated heterocycles. The minimum Gasteiger partial charge on any atom is -0.494 e. The summed E-state index contributed by atoms with van der Waals surface area (Å²) in [5, 5.41) is 13.5. The standard InChI is InChI=1S/C45H41N5O4/c1-28-18-21-32(22-19-28)50-44(53)40(43(52)48(4)45(50)54)29(2)46-27-37-33-14-8-9-16-35(33)42(51)49(25-24-30-12-6-5-7-13-30)41(37)31-20-23-39-36(26-31)34-15-10-11-17-38(34)47(39)3/h5-23,26,37,41,52H,24-25,27H2,1-4H3/t37-,41+/m0/s1. The smallest absolute Gasteiger partial charge is 0.338 e. The van der Waals surface area contributed by atoms with Gasteiger partial charge >= 0.3 is 5.69 Å². The summed E-state index contributed by atoms with van der Waals surface area (Å²) in [5.74, 6) is -0.791. The van der Waals surface area contributed by atoms with E-state index >= 15 is 0 Å². The number of nitrogens with zero attached hydrogens (tertiary/aromatic N) is 5. The molecule has 1 aliphatic rings. The van der Waals surface area contributed by atoms with Crippen molar-refractivity contribution in [2.75, 3.05) is 13.1 Å². The van der Waals surface area contributed by atoms with Crippen LogP contribution in [0.15, 0.2) is 136 Å². The third-order valence-corrected chi connectivity index (χ3v) is 10.9. The molecule has 0 saturated carbocycles. The Hall–Kier alpha value is -6.48. The summed E-state index contributed by atoms with van der Waals surface area (Å²) in [7, 11) is 3.50. The van der Waals surface area contributed by atoms with E-state index in [-0.39, 0.29) is 23.9 Å². The number of carbonyl (C=O) groups excluding carboxylic acids is 1. The minimum atomic E-state index is -0.657. The van der Waals surface area contributed by atoms with E-state index in [0.29, 0.717) is 29.9 Å². The SMILES string of the molecule is CC(=NC[C@H]1c2ccccc2C(=O)N(CCc2ccccc2)[C@@H]1c1ccc2c(c1)c1ccccc1n2C)c1c(O)n(C)c(=O)n(-c2ccc(C)cc2)c1=O. The van der Waals surface area contributed by atoms with E-state index in [0.717, 1.165) is 53.2 Å². The third kappa shape index (κ3) is 5.82. The van der Waals surface area contributed by atoms with Gasteiger partial charge in [0.1, 0.15) is 5.56 Å². The number of fused-ring (bicyclic) bond motifs is 4. The van der Waals surface area contributed by atoms with Crippen LogP contribution in [0.4, 0.5) is 0 Å². The van der Waals surface area contributed by atoms with Gasteiger partial charge in [-0.2, -0.15) is 0 Å². The number of hydrogen-bond acceptors (Lipinski definition) is 5. The van der Waals surface area contributed by atoms with Crippen LogP contribution in [0.5, 0.6) is 5.88 Å². The largest absolute Gasteiger partial charge is 0.494 e. The zero-order chi connectivity index (χ0) is 37.7. The van der Waals surface area contributed by atoms with E-state index in [4.69, 9.17) is 4.99 Å². The van der Waals surface area contributed by atoms with Crippen molar-refractivity contribution in [3.05, 3.63) is 176 Å². The van der Waals surface area contributed by atoms with Crippen molar-refractivity contribution in [2.45, 2.75) is 32.2 Å². The van der Waals surface area contributed by atoms with E-state index in [1.54, 1.807) is 19.1 Å². The fraction of sp³-hybridized carbons (Fsp3) is 0.200. The van der Waals surface area contributed by atoms with Crippen molar-refractivity contribution in [3.63, 3.8) is 0 Å². The summed E-state index contributed by atoms with van der Waals surface area (Å²) < 4.78 is 4.32. The van der Waals surface area contributed by atoms with E-state index < -0.39 is 23.2 Å². The summed E-state index contributed by atoms with van der Waals surface area (Å²) >= 11 is 0. The van der Waals surface area contributed by atoms with Crippen LogP contribution in [0.1, 0.15) is 57.1 Å². The van der Waals surface area contributed by atoms with Crippen molar-refractivity contribution in [1.82, 2.24) is 18.6 Å². The molecule has 0 aliphatic carbocycles. The van der Waals surface area contributed by atoms with Crippen LogP contribution in [-0.2, 0) is 20.5 Å². The van der Waals surface area contributed by atoms with E-state index in [1.807, 2.05) is 78.6 Å². The van der Waals surface area contributed by atoms with Gasteiger partial charge in [-0.05, 0) is 73.4 Å². The maximum Gasteiger partial charge on any atom is 0.338 e. The monoisotopic (exact) mass is 715 g/mol. The maximum atomic E-state index is 14.5. The maximum absolute atomic E-state index is 14.5. The van der Waals surface area contributed by atoms with Gasteiger partial charge in [0.05, 0.1) is 11.7 Å². The summed E-state index contributed by atoms with van der Waals surface area (Å²) in [6.45, 7) is 4.31. The number of benzene rings is 5. The molecule has 2 atom stereocenters. The van der Waals surface area contributed by atoms with Crippen molar-refractivity contribution >= 4 is 33.4 Å². The number of aryl methyl sites for hydroxylation is 2. The van der Waals surface area contributed by atoms with Gasteiger partial charge in [0.2, 0.25) is 5.88 Å². The van der Waals surface area contributed by atoms with Gasteiger partial charge in [-0.3, -0.25) is 19.1 Å². The van der Waals surface area contributed by atoms with E-state index in [9.17, 15) is 19.5 Å². The Balaban J connectivity index is 1.28. The fourth-order valence-electron chi connectivity index (χ4n) is 8.05. The van der Waals surface area contributed by atoms with Gasteiger partial charge in [-0.15, -0.1) is 0 Å².